The summed E-state index contributed by atoms with van der Waals surface area (Å²) in [5, 5.41) is 5.78. The Labute approximate surface area is 151 Å². The van der Waals surface area contributed by atoms with E-state index in [0.717, 1.165) is 4.90 Å². The molecular formula is C16H10Cl2N2O3S. The van der Waals surface area contributed by atoms with E-state index in [1.807, 2.05) is 0 Å². The van der Waals surface area contributed by atoms with Crippen LogP contribution in [0.15, 0.2) is 41.3 Å². The average Bonchev–Trinajstić information content (AvgIpc) is 2.83. The number of nitrogens with one attached hydrogen (secondary N) is 2. The van der Waals surface area contributed by atoms with Crippen LogP contribution < -0.4 is 10.6 Å². The molecule has 1 heterocycles. The fraction of sp³-hybridized carbons (Fsp3) is 0.0625. The largest absolute Gasteiger partial charge is 0.325 e. The van der Waals surface area contributed by atoms with Crippen molar-refractivity contribution in [1.29, 1.82) is 0 Å². The van der Waals surface area contributed by atoms with Crippen LogP contribution in [-0.2, 0) is 4.79 Å². The molecule has 1 aliphatic rings. The molecule has 122 valence electrons. The van der Waals surface area contributed by atoms with Crippen molar-refractivity contribution in [3.63, 3.8) is 0 Å². The lowest BCUT2D eigenvalue weighted by Crippen LogP contribution is -2.19. The number of imide groups is 1. The zero-order valence-electron chi connectivity index (χ0n) is 12.1. The highest BCUT2D eigenvalue weighted by molar-refractivity contribution is 8.00. The minimum atomic E-state index is -0.462. The van der Waals surface area contributed by atoms with Gasteiger partial charge in [-0.15, -0.1) is 11.8 Å². The molecule has 0 unspecified atom stereocenters. The van der Waals surface area contributed by atoms with Crippen LogP contribution in [0, 0.1) is 0 Å². The van der Waals surface area contributed by atoms with E-state index in [4.69, 9.17) is 23.2 Å². The van der Waals surface area contributed by atoms with E-state index in [0.29, 0.717) is 21.3 Å². The first kappa shape index (κ1) is 16.8. The number of benzene rings is 2. The van der Waals surface area contributed by atoms with E-state index in [1.54, 1.807) is 24.3 Å². The third-order valence-corrected chi connectivity index (χ3v) is 5.01. The van der Waals surface area contributed by atoms with E-state index in [-0.39, 0.29) is 17.2 Å². The van der Waals surface area contributed by atoms with E-state index < -0.39 is 11.8 Å². The van der Waals surface area contributed by atoms with E-state index in [2.05, 4.69) is 10.6 Å². The number of rotatable bonds is 4. The van der Waals surface area contributed by atoms with Crippen molar-refractivity contribution in [3.8, 4) is 0 Å². The number of carbonyl (C=O) groups is 3. The van der Waals surface area contributed by atoms with Gasteiger partial charge in [-0.2, -0.15) is 0 Å². The number of halogens is 2. The second-order valence-electron chi connectivity index (χ2n) is 4.96. The van der Waals surface area contributed by atoms with Crippen LogP contribution in [0.4, 0.5) is 5.69 Å². The normalized spacial score (nSPS) is 12.8. The second kappa shape index (κ2) is 6.84. The molecule has 0 atom stereocenters. The van der Waals surface area contributed by atoms with Crippen molar-refractivity contribution in [2.45, 2.75) is 4.90 Å². The summed E-state index contributed by atoms with van der Waals surface area (Å²) in [5.41, 5.74) is 1.02. The third kappa shape index (κ3) is 3.56. The van der Waals surface area contributed by atoms with Crippen molar-refractivity contribution in [3.05, 3.63) is 57.6 Å². The first-order valence-corrected chi connectivity index (χ1v) is 8.55. The highest BCUT2D eigenvalue weighted by atomic mass is 35.5. The summed E-state index contributed by atoms with van der Waals surface area (Å²) in [7, 11) is 0. The molecule has 24 heavy (non-hydrogen) atoms. The molecule has 0 saturated heterocycles. The quantitative estimate of drug-likeness (QED) is 0.627. The standard InChI is InChI=1S/C16H10Cl2N2O3S/c17-12-4-2-9(6-13(12)18)24-7-14(21)19-8-1-3-10-11(5-8)16(23)20-15(10)22/h1-6H,7H2,(H,19,21)(H,20,22,23). The summed E-state index contributed by atoms with van der Waals surface area (Å²) in [6.07, 6.45) is 0. The molecule has 2 N–H and O–H groups in total. The Kier molecular flexibility index (Phi) is 4.80. The molecule has 1 aliphatic heterocycles. The zero-order valence-corrected chi connectivity index (χ0v) is 14.4. The molecule has 0 aromatic heterocycles. The Hall–Kier alpha value is -2.02. The maximum absolute atomic E-state index is 12.0. The van der Waals surface area contributed by atoms with Crippen LogP contribution in [0.1, 0.15) is 20.7 Å². The minimum Gasteiger partial charge on any atom is -0.325 e. The van der Waals surface area contributed by atoms with Gasteiger partial charge in [-0.1, -0.05) is 23.2 Å². The van der Waals surface area contributed by atoms with Gasteiger partial charge in [0, 0.05) is 10.6 Å². The lowest BCUT2D eigenvalue weighted by Gasteiger charge is -2.07. The molecule has 8 heteroatoms. The highest BCUT2D eigenvalue weighted by Gasteiger charge is 2.26. The Morgan fingerprint density at radius 3 is 2.50 bits per heavy atom. The van der Waals surface area contributed by atoms with Crippen molar-refractivity contribution in [2.75, 3.05) is 11.1 Å². The predicted molar refractivity (Wildman–Crippen MR) is 94.1 cm³/mol. The van der Waals surface area contributed by atoms with Crippen LogP contribution in [0.3, 0.4) is 0 Å². The molecule has 0 fully saturated rings. The van der Waals surface area contributed by atoms with Gasteiger partial charge in [-0.25, -0.2) is 0 Å². The molecule has 2 aromatic rings. The number of thioether (sulfide) groups is 1. The topological polar surface area (TPSA) is 75.3 Å². The molecule has 0 bridgehead atoms. The number of anilines is 1. The lowest BCUT2D eigenvalue weighted by molar-refractivity contribution is -0.113. The van der Waals surface area contributed by atoms with Gasteiger partial charge in [0.2, 0.25) is 5.91 Å². The molecule has 0 aliphatic carbocycles. The van der Waals surface area contributed by atoms with Gasteiger partial charge in [0.25, 0.3) is 11.8 Å². The Morgan fingerprint density at radius 2 is 1.75 bits per heavy atom. The molecule has 0 spiro atoms. The SMILES string of the molecule is O=C(CSc1ccc(Cl)c(Cl)c1)Nc1ccc2c(c1)C(=O)NC2=O. The fourth-order valence-electron chi connectivity index (χ4n) is 2.16. The number of fused-ring (bicyclic) bond motifs is 1. The third-order valence-electron chi connectivity index (χ3n) is 3.28. The van der Waals surface area contributed by atoms with E-state index >= 15 is 0 Å². The van der Waals surface area contributed by atoms with Gasteiger partial charge in [-0.3, -0.25) is 19.7 Å². The van der Waals surface area contributed by atoms with Gasteiger partial charge >= 0.3 is 0 Å². The summed E-state index contributed by atoms with van der Waals surface area (Å²) in [5.74, 6) is -0.963. The Balaban J connectivity index is 1.63. The molecule has 3 rings (SSSR count). The van der Waals surface area contributed by atoms with E-state index in [9.17, 15) is 14.4 Å². The predicted octanol–water partition coefficient (Wildman–Crippen LogP) is 3.61. The van der Waals surface area contributed by atoms with Gasteiger partial charge in [-0.05, 0) is 36.4 Å². The average molecular weight is 381 g/mol. The highest BCUT2D eigenvalue weighted by Crippen LogP contribution is 2.28. The van der Waals surface area contributed by atoms with Crippen LogP contribution in [0.5, 0.6) is 0 Å². The fourth-order valence-corrected chi connectivity index (χ4v) is 3.26. The first-order chi connectivity index (χ1) is 11.4. The second-order valence-corrected chi connectivity index (χ2v) is 6.82. The molecule has 3 amide bonds. The molecule has 2 aromatic carbocycles. The first-order valence-electron chi connectivity index (χ1n) is 6.81. The number of hydrogen-bond acceptors (Lipinski definition) is 4. The monoisotopic (exact) mass is 380 g/mol. The van der Waals surface area contributed by atoms with Crippen molar-refractivity contribution in [1.82, 2.24) is 5.32 Å². The summed E-state index contributed by atoms with van der Waals surface area (Å²) >= 11 is 13.1. The Bertz CT molecular complexity index is 870. The molecular weight excluding hydrogens is 371 g/mol. The molecule has 0 radical (unpaired) electrons. The minimum absolute atomic E-state index is 0.167. The number of amides is 3. The van der Waals surface area contributed by atoms with Gasteiger partial charge in [0.05, 0.1) is 26.9 Å². The van der Waals surface area contributed by atoms with Crippen LogP contribution in [-0.4, -0.2) is 23.5 Å². The number of hydrogen-bond donors (Lipinski definition) is 2. The van der Waals surface area contributed by atoms with Gasteiger partial charge in [0.1, 0.15) is 0 Å². The summed E-state index contributed by atoms with van der Waals surface area (Å²) in [6, 6.07) is 9.71. The van der Waals surface area contributed by atoms with Crippen molar-refractivity contribution < 1.29 is 14.4 Å². The van der Waals surface area contributed by atoms with Crippen LogP contribution in [0.25, 0.3) is 0 Å². The zero-order chi connectivity index (χ0) is 17.3. The smallest absolute Gasteiger partial charge is 0.259 e. The van der Waals surface area contributed by atoms with Gasteiger partial charge < -0.3 is 5.32 Å². The molecule has 5 nitrogen and oxygen atoms in total. The summed E-state index contributed by atoms with van der Waals surface area (Å²) in [4.78, 5) is 35.9. The van der Waals surface area contributed by atoms with Gasteiger partial charge in [0.15, 0.2) is 0 Å². The summed E-state index contributed by atoms with van der Waals surface area (Å²) < 4.78 is 0. The van der Waals surface area contributed by atoms with Crippen LogP contribution >= 0.6 is 35.0 Å². The maximum Gasteiger partial charge on any atom is 0.259 e. The summed E-state index contributed by atoms with van der Waals surface area (Å²) in [6.45, 7) is 0. The van der Waals surface area contributed by atoms with E-state index in [1.165, 1.54) is 23.9 Å². The van der Waals surface area contributed by atoms with Crippen LogP contribution in [0.2, 0.25) is 10.0 Å². The lowest BCUT2D eigenvalue weighted by atomic mass is 10.1. The molecule has 0 saturated carbocycles. The number of carbonyl (C=O) groups excluding carboxylic acids is 3. The van der Waals surface area contributed by atoms with Crippen molar-refractivity contribution >= 4 is 58.4 Å². The Morgan fingerprint density at radius 1 is 1.00 bits per heavy atom. The maximum atomic E-state index is 12.0. The van der Waals surface area contributed by atoms with Crippen molar-refractivity contribution in [2.24, 2.45) is 0 Å².